The summed E-state index contributed by atoms with van der Waals surface area (Å²) in [6.45, 7) is 0.254. The molecule has 3 rings (SSSR count). The molecule has 150 valence electrons. The quantitative estimate of drug-likeness (QED) is 0.534. The molecule has 0 radical (unpaired) electrons. The Balaban J connectivity index is 1.53. The number of ether oxygens (including phenoxy) is 1. The number of rotatable bonds is 7. The van der Waals surface area contributed by atoms with Crippen molar-refractivity contribution in [3.8, 4) is 0 Å². The van der Waals surface area contributed by atoms with Gasteiger partial charge in [-0.15, -0.1) is 5.10 Å². The van der Waals surface area contributed by atoms with Gasteiger partial charge < -0.3 is 15.2 Å². The van der Waals surface area contributed by atoms with Crippen LogP contribution in [-0.2, 0) is 20.9 Å². The summed E-state index contributed by atoms with van der Waals surface area (Å²) in [7, 11) is 0. The normalized spacial score (nSPS) is 22.1. The molecule has 2 N–H and O–H groups in total. The lowest BCUT2D eigenvalue weighted by molar-refractivity contribution is -0.138. The highest BCUT2D eigenvalue weighted by atomic mass is 32.2. The molecule has 0 spiro atoms. The average molecular weight is 407 g/mol. The third-order valence-electron chi connectivity index (χ3n) is 4.60. The number of hydrogen-bond acceptors (Lipinski definition) is 6. The van der Waals surface area contributed by atoms with Gasteiger partial charge >= 0.3 is 5.97 Å². The van der Waals surface area contributed by atoms with E-state index in [0.29, 0.717) is 11.1 Å². The first-order valence-corrected chi connectivity index (χ1v) is 10.1. The Kier molecular flexibility index (Phi) is 7.16. The van der Waals surface area contributed by atoms with E-state index >= 15 is 0 Å². The van der Waals surface area contributed by atoms with Crippen molar-refractivity contribution in [2.24, 2.45) is 10.2 Å². The summed E-state index contributed by atoms with van der Waals surface area (Å²) in [5.74, 6) is -1.83. The SMILES string of the molecule is O=C(O)CC1SC(=NN=Cc2ccc(COC3CCCCC3)c(F)c2)NC1=O. The summed E-state index contributed by atoms with van der Waals surface area (Å²) in [5, 5.41) is 18.4. The molecule has 2 fully saturated rings. The van der Waals surface area contributed by atoms with E-state index in [-0.39, 0.29) is 30.1 Å². The van der Waals surface area contributed by atoms with Crippen molar-refractivity contribution in [1.82, 2.24) is 5.32 Å². The highest BCUT2D eigenvalue weighted by Crippen LogP contribution is 2.23. The maximum atomic E-state index is 14.3. The fourth-order valence-electron chi connectivity index (χ4n) is 3.09. The van der Waals surface area contributed by atoms with Crippen LogP contribution in [0.4, 0.5) is 4.39 Å². The van der Waals surface area contributed by atoms with E-state index < -0.39 is 17.1 Å². The first-order valence-electron chi connectivity index (χ1n) is 9.21. The van der Waals surface area contributed by atoms with Crippen LogP contribution >= 0.6 is 11.8 Å². The molecule has 1 saturated heterocycles. The van der Waals surface area contributed by atoms with E-state index in [1.165, 1.54) is 31.5 Å². The second-order valence-electron chi connectivity index (χ2n) is 6.77. The minimum absolute atomic E-state index is 0.217. The second kappa shape index (κ2) is 9.79. The first kappa shape index (κ1) is 20.5. The predicted octanol–water partition coefficient (Wildman–Crippen LogP) is 3.07. The molecule has 1 saturated carbocycles. The van der Waals surface area contributed by atoms with Crippen molar-refractivity contribution >= 4 is 35.0 Å². The van der Waals surface area contributed by atoms with Crippen LogP contribution in [0.5, 0.6) is 0 Å². The molecule has 1 aliphatic heterocycles. The zero-order chi connectivity index (χ0) is 19.9. The minimum Gasteiger partial charge on any atom is -0.481 e. The molecule has 1 aromatic rings. The van der Waals surface area contributed by atoms with E-state index in [1.807, 2.05) is 0 Å². The zero-order valence-corrected chi connectivity index (χ0v) is 16.1. The zero-order valence-electron chi connectivity index (χ0n) is 15.3. The summed E-state index contributed by atoms with van der Waals surface area (Å²) in [6, 6.07) is 4.75. The van der Waals surface area contributed by atoms with Crippen LogP contribution in [0.2, 0.25) is 0 Å². The number of nitrogens with one attached hydrogen (secondary N) is 1. The van der Waals surface area contributed by atoms with Gasteiger partial charge in [-0.2, -0.15) is 5.10 Å². The summed E-state index contributed by atoms with van der Waals surface area (Å²) < 4.78 is 20.1. The monoisotopic (exact) mass is 407 g/mol. The van der Waals surface area contributed by atoms with E-state index in [2.05, 4.69) is 15.5 Å². The van der Waals surface area contributed by atoms with Gasteiger partial charge in [0.05, 0.1) is 25.3 Å². The number of thioether (sulfide) groups is 1. The largest absolute Gasteiger partial charge is 0.481 e. The fraction of sp³-hybridized carbons (Fsp3) is 0.474. The molecule has 1 unspecified atom stereocenters. The van der Waals surface area contributed by atoms with Gasteiger partial charge in [0.15, 0.2) is 5.17 Å². The molecule has 1 aromatic carbocycles. The third kappa shape index (κ3) is 5.87. The summed E-state index contributed by atoms with van der Waals surface area (Å²) in [5.41, 5.74) is 1.03. The Hall–Kier alpha value is -2.26. The van der Waals surface area contributed by atoms with Crippen LogP contribution in [0.1, 0.15) is 49.7 Å². The van der Waals surface area contributed by atoms with Crippen LogP contribution in [0, 0.1) is 5.82 Å². The number of nitrogens with zero attached hydrogens (tertiary/aromatic N) is 2. The van der Waals surface area contributed by atoms with Gasteiger partial charge in [-0.3, -0.25) is 9.59 Å². The van der Waals surface area contributed by atoms with Gasteiger partial charge in [0.2, 0.25) is 5.91 Å². The molecule has 0 bridgehead atoms. The molecule has 2 aliphatic rings. The standard InChI is InChI=1S/C19H22FN3O4S/c20-15-8-12(6-7-13(15)11-27-14-4-2-1-3-5-14)10-21-23-19-22-18(26)16(28-19)9-17(24)25/h6-8,10,14,16H,1-5,9,11H2,(H,24,25)(H,22,23,26). The third-order valence-corrected chi connectivity index (χ3v) is 5.67. The van der Waals surface area contributed by atoms with Gasteiger partial charge in [-0.05, 0) is 24.5 Å². The summed E-state index contributed by atoms with van der Waals surface area (Å²) in [4.78, 5) is 22.3. The second-order valence-corrected chi connectivity index (χ2v) is 7.96. The number of carboxylic acid groups (broad SMARTS) is 1. The Labute approximate surface area is 166 Å². The van der Waals surface area contributed by atoms with Crippen molar-refractivity contribution < 1.29 is 23.8 Å². The van der Waals surface area contributed by atoms with Crippen molar-refractivity contribution in [3.63, 3.8) is 0 Å². The van der Waals surface area contributed by atoms with Crippen LogP contribution in [0.25, 0.3) is 0 Å². The average Bonchev–Trinajstić information content (AvgIpc) is 3.00. The van der Waals surface area contributed by atoms with Gasteiger partial charge in [-0.25, -0.2) is 4.39 Å². The van der Waals surface area contributed by atoms with Crippen LogP contribution in [0.3, 0.4) is 0 Å². The van der Waals surface area contributed by atoms with Gasteiger partial charge in [-0.1, -0.05) is 43.2 Å². The number of amidine groups is 1. The van der Waals surface area contributed by atoms with E-state index in [1.54, 1.807) is 12.1 Å². The van der Waals surface area contributed by atoms with Crippen LogP contribution in [0.15, 0.2) is 28.4 Å². The number of carboxylic acids is 1. The van der Waals surface area contributed by atoms with Gasteiger partial charge in [0, 0.05) is 5.56 Å². The lowest BCUT2D eigenvalue weighted by Crippen LogP contribution is -2.26. The molecule has 1 atom stereocenters. The molecule has 9 heteroatoms. The molecule has 28 heavy (non-hydrogen) atoms. The topological polar surface area (TPSA) is 100 Å². The first-order chi connectivity index (χ1) is 13.5. The van der Waals surface area contributed by atoms with E-state index in [0.717, 1.165) is 24.6 Å². The predicted molar refractivity (Wildman–Crippen MR) is 105 cm³/mol. The minimum atomic E-state index is -1.06. The number of hydrogen-bond donors (Lipinski definition) is 2. The molecule has 1 heterocycles. The Morgan fingerprint density at radius 3 is 2.86 bits per heavy atom. The highest BCUT2D eigenvalue weighted by molar-refractivity contribution is 8.15. The molecule has 7 nitrogen and oxygen atoms in total. The number of halogens is 1. The number of carbonyl (C=O) groups is 2. The maximum Gasteiger partial charge on any atom is 0.305 e. The smallest absolute Gasteiger partial charge is 0.305 e. The van der Waals surface area contributed by atoms with Gasteiger partial charge in [0.1, 0.15) is 11.1 Å². The molecule has 1 aliphatic carbocycles. The number of carbonyl (C=O) groups excluding carboxylic acids is 1. The van der Waals surface area contributed by atoms with Crippen molar-refractivity contribution in [1.29, 1.82) is 0 Å². The number of benzene rings is 1. The fourth-order valence-corrected chi connectivity index (χ4v) is 4.01. The Morgan fingerprint density at radius 1 is 1.36 bits per heavy atom. The molecular formula is C19H22FN3O4S. The lowest BCUT2D eigenvalue weighted by atomic mass is 9.98. The van der Waals surface area contributed by atoms with E-state index in [4.69, 9.17) is 9.84 Å². The lowest BCUT2D eigenvalue weighted by Gasteiger charge is -2.22. The van der Waals surface area contributed by atoms with Gasteiger partial charge in [0.25, 0.3) is 0 Å². The van der Waals surface area contributed by atoms with Crippen LogP contribution in [-0.4, -0.2) is 39.7 Å². The molecular weight excluding hydrogens is 385 g/mol. The highest BCUT2D eigenvalue weighted by Gasteiger charge is 2.32. The Morgan fingerprint density at radius 2 is 2.14 bits per heavy atom. The number of amides is 1. The Bertz CT molecular complexity index is 793. The molecule has 0 aromatic heterocycles. The maximum absolute atomic E-state index is 14.3. The summed E-state index contributed by atoms with van der Waals surface area (Å²) >= 11 is 1.01. The van der Waals surface area contributed by atoms with Crippen molar-refractivity contribution in [2.75, 3.05) is 0 Å². The van der Waals surface area contributed by atoms with Crippen molar-refractivity contribution in [2.45, 2.75) is 56.5 Å². The molecule has 1 amide bonds. The number of aliphatic carboxylic acids is 1. The van der Waals surface area contributed by atoms with E-state index in [9.17, 15) is 14.0 Å². The van der Waals surface area contributed by atoms with Crippen LogP contribution < -0.4 is 5.32 Å². The van der Waals surface area contributed by atoms with Crippen molar-refractivity contribution in [3.05, 3.63) is 35.1 Å². The summed E-state index contributed by atoms with van der Waals surface area (Å²) in [6.07, 6.45) is 6.96.